The molecule has 0 aromatic carbocycles. The molecule has 0 aliphatic rings. The Morgan fingerprint density at radius 1 is 1.38 bits per heavy atom. The molecule has 0 amide bonds. The van der Waals surface area contributed by atoms with Crippen molar-refractivity contribution in [1.29, 1.82) is 0 Å². The van der Waals surface area contributed by atoms with Gasteiger partial charge in [-0.05, 0) is 24.5 Å². The third-order valence-electron chi connectivity index (χ3n) is 2.19. The Kier molecular flexibility index (Phi) is 4.35. The molecular formula is C12H17F2NO. The van der Waals surface area contributed by atoms with Crippen LogP contribution in [0.1, 0.15) is 25.1 Å². The molecule has 1 rings (SSSR count). The van der Waals surface area contributed by atoms with Crippen molar-refractivity contribution in [2.45, 2.75) is 26.2 Å². The first-order valence-corrected chi connectivity index (χ1v) is 5.28. The maximum Gasteiger partial charge on any atom is 0.297 e. The van der Waals surface area contributed by atoms with Crippen LogP contribution in [0.25, 0.3) is 0 Å². The first-order valence-electron chi connectivity index (χ1n) is 5.28. The van der Waals surface area contributed by atoms with Crippen LogP contribution in [-0.2, 0) is 17.1 Å². The molecule has 0 bridgehead atoms. The molecule has 1 aromatic rings. The van der Waals surface area contributed by atoms with Crippen LogP contribution in [0.3, 0.4) is 0 Å². The number of aromatic nitrogens is 1. The summed E-state index contributed by atoms with van der Waals surface area (Å²) >= 11 is 0. The third-order valence-corrected chi connectivity index (χ3v) is 2.19. The molecule has 0 N–H and O–H groups in total. The normalized spacial score (nSPS) is 12.1. The zero-order valence-electron chi connectivity index (χ0n) is 9.84. The Labute approximate surface area is 94.7 Å². The van der Waals surface area contributed by atoms with Gasteiger partial charge in [-0.15, -0.1) is 0 Å². The molecule has 16 heavy (non-hydrogen) atoms. The van der Waals surface area contributed by atoms with Crippen LogP contribution < -0.4 is 0 Å². The van der Waals surface area contributed by atoms with Gasteiger partial charge in [0.15, 0.2) is 0 Å². The van der Waals surface area contributed by atoms with Crippen molar-refractivity contribution in [2.75, 3.05) is 13.7 Å². The quantitative estimate of drug-likeness (QED) is 0.774. The number of pyridine rings is 1. The molecule has 0 saturated heterocycles. The minimum atomic E-state index is -2.96. The molecular weight excluding hydrogens is 212 g/mol. The zero-order chi connectivity index (χ0) is 12.2. The largest absolute Gasteiger partial charge is 0.378 e. The van der Waals surface area contributed by atoms with Gasteiger partial charge >= 0.3 is 0 Å². The number of halogens is 2. The Morgan fingerprint density at radius 3 is 2.50 bits per heavy atom. The highest BCUT2D eigenvalue weighted by atomic mass is 19.3. The van der Waals surface area contributed by atoms with E-state index in [1.165, 1.54) is 19.4 Å². The fraction of sp³-hybridized carbons (Fsp3) is 0.583. The predicted molar refractivity (Wildman–Crippen MR) is 58.5 cm³/mol. The fourth-order valence-electron chi connectivity index (χ4n) is 1.44. The summed E-state index contributed by atoms with van der Waals surface area (Å²) in [4.78, 5) is 4.03. The summed E-state index contributed by atoms with van der Waals surface area (Å²) in [5.74, 6) is -2.49. The van der Waals surface area contributed by atoms with Crippen LogP contribution in [0.5, 0.6) is 0 Å². The number of hydrogen-bond donors (Lipinski definition) is 0. The molecule has 0 aliphatic heterocycles. The van der Waals surface area contributed by atoms with Gasteiger partial charge in [-0.2, -0.15) is 8.78 Å². The van der Waals surface area contributed by atoms with Gasteiger partial charge in [-0.25, -0.2) is 0 Å². The molecule has 90 valence electrons. The lowest BCUT2D eigenvalue weighted by atomic mass is 10.1. The Morgan fingerprint density at radius 2 is 2.06 bits per heavy atom. The van der Waals surface area contributed by atoms with Gasteiger partial charge in [-0.3, -0.25) is 4.98 Å². The molecule has 1 heterocycles. The van der Waals surface area contributed by atoms with Crippen molar-refractivity contribution in [3.05, 3.63) is 29.6 Å². The van der Waals surface area contributed by atoms with Gasteiger partial charge < -0.3 is 4.74 Å². The highest BCUT2D eigenvalue weighted by molar-refractivity contribution is 5.19. The molecule has 0 saturated carbocycles. The van der Waals surface area contributed by atoms with Gasteiger partial charge in [0.2, 0.25) is 0 Å². The summed E-state index contributed by atoms with van der Waals surface area (Å²) in [7, 11) is 1.26. The highest BCUT2D eigenvalue weighted by Gasteiger charge is 2.31. The van der Waals surface area contributed by atoms with Crippen molar-refractivity contribution in [3.8, 4) is 0 Å². The molecule has 0 atom stereocenters. The summed E-state index contributed by atoms with van der Waals surface area (Å²) < 4.78 is 31.2. The lowest BCUT2D eigenvalue weighted by Crippen LogP contribution is -2.20. The Hall–Kier alpha value is -1.03. The summed E-state index contributed by atoms with van der Waals surface area (Å²) in [5.41, 5.74) is 0.744. The van der Waals surface area contributed by atoms with Crippen LogP contribution in [0.4, 0.5) is 8.78 Å². The number of ether oxygens (including phenoxy) is 1. The van der Waals surface area contributed by atoms with E-state index in [0.717, 1.165) is 12.1 Å². The lowest BCUT2D eigenvalue weighted by Gasteiger charge is -2.15. The van der Waals surface area contributed by atoms with E-state index in [9.17, 15) is 8.78 Å². The van der Waals surface area contributed by atoms with E-state index < -0.39 is 12.5 Å². The van der Waals surface area contributed by atoms with Gasteiger partial charge in [-0.1, -0.05) is 13.8 Å². The maximum atomic E-state index is 13.4. The molecule has 0 unspecified atom stereocenters. The fourth-order valence-corrected chi connectivity index (χ4v) is 1.44. The lowest BCUT2D eigenvalue weighted by molar-refractivity contribution is -0.0700. The van der Waals surface area contributed by atoms with E-state index in [2.05, 4.69) is 23.6 Å². The van der Waals surface area contributed by atoms with E-state index in [4.69, 9.17) is 0 Å². The number of rotatable bonds is 5. The number of alkyl halides is 2. The predicted octanol–water partition coefficient (Wildman–Crippen LogP) is 3.02. The number of nitrogens with zero attached hydrogens (tertiary/aromatic N) is 1. The minimum absolute atomic E-state index is 0.0955. The van der Waals surface area contributed by atoms with Gasteiger partial charge in [0.05, 0.1) is 0 Å². The third kappa shape index (κ3) is 3.52. The maximum absolute atomic E-state index is 13.4. The first-order chi connectivity index (χ1) is 7.45. The van der Waals surface area contributed by atoms with Crippen molar-refractivity contribution in [1.82, 2.24) is 4.98 Å². The molecule has 0 aliphatic carbocycles. The second-order valence-electron chi connectivity index (χ2n) is 4.27. The van der Waals surface area contributed by atoms with Crippen LogP contribution in [-0.4, -0.2) is 18.7 Å². The topological polar surface area (TPSA) is 22.1 Å². The molecule has 2 nitrogen and oxygen atoms in total. The summed E-state index contributed by atoms with van der Waals surface area (Å²) in [6, 6.07) is 3.07. The van der Waals surface area contributed by atoms with Crippen LogP contribution in [0.2, 0.25) is 0 Å². The number of methoxy groups -OCH3 is 1. The number of hydrogen-bond acceptors (Lipinski definition) is 2. The smallest absolute Gasteiger partial charge is 0.297 e. The van der Waals surface area contributed by atoms with Gasteiger partial charge in [0.1, 0.15) is 6.61 Å². The first kappa shape index (κ1) is 13.0. The minimum Gasteiger partial charge on any atom is -0.378 e. The molecule has 0 spiro atoms. The van der Waals surface area contributed by atoms with Crippen molar-refractivity contribution < 1.29 is 13.5 Å². The standard InChI is InChI=1S/C12H17F2NO/c1-9(2)6-11-5-4-10(7-15-11)12(13,14)8-16-3/h4-5,7,9H,6,8H2,1-3H3. The van der Waals surface area contributed by atoms with E-state index in [0.29, 0.717) is 5.92 Å². The van der Waals surface area contributed by atoms with Crippen LogP contribution >= 0.6 is 0 Å². The highest BCUT2D eigenvalue weighted by Crippen LogP contribution is 2.27. The molecule has 4 heteroatoms. The zero-order valence-corrected chi connectivity index (χ0v) is 9.84. The summed E-state index contributed by atoms with van der Waals surface area (Å²) in [5, 5.41) is 0. The Bertz CT molecular complexity index is 322. The van der Waals surface area contributed by atoms with Gasteiger partial charge in [0.25, 0.3) is 5.92 Å². The van der Waals surface area contributed by atoms with Crippen molar-refractivity contribution in [3.63, 3.8) is 0 Å². The second-order valence-corrected chi connectivity index (χ2v) is 4.27. The SMILES string of the molecule is COCC(F)(F)c1ccc(CC(C)C)nc1. The average Bonchev–Trinajstić information content (AvgIpc) is 2.17. The van der Waals surface area contributed by atoms with Crippen LogP contribution in [0.15, 0.2) is 18.3 Å². The van der Waals surface area contributed by atoms with E-state index >= 15 is 0 Å². The summed E-state index contributed by atoms with van der Waals surface area (Å²) in [6.07, 6.45) is 2.03. The Balaban J connectivity index is 2.78. The van der Waals surface area contributed by atoms with Gasteiger partial charge in [0, 0.05) is 24.6 Å². The average molecular weight is 229 g/mol. The second kappa shape index (κ2) is 5.34. The molecule has 0 radical (unpaired) electrons. The van der Waals surface area contributed by atoms with Crippen molar-refractivity contribution >= 4 is 0 Å². The van der Waals surface area contributed by atoms with Crippen LogP contribution in [0, 0.1) is 5.92 Å². The van der Waals surface area contributed by atoms with E-state index in [1.807, 2.05) is 0 Å². The monoisotopic (exact) mass is 229 g/mol. The summed E-state index contributed by atoms with van der Waals surface area (Å²) in [6.45, 7) is 3.52. The van der Waals surface area contributed by atoms with E-state index in [-0.39, 0.29) is 5.56 Å². The molecule has 0 fully saturated rings. The molecule has 1 aromatic heterocycles. The van der Waals surface area contributed by atoms with Crippen molar-refractivity contribution in [2.24, 2.45) is 5.92 Å². The van der Waals surface area contributed by atoms with E-state index in [1.54, 1.807) is 6.07 Å².